The Morgan fingerprint density at radius 1 is 1.26 bits per heavy atom. The van der Waals surface area contributed by atoms with E-state index in [1.165, 1.54) is 11.1 Å². The summed E-state index contributed by atoms with van der Waals surface area (Å²) >= 11 is 0. The molecule has 0 amide bonds. The van der Waals surface area contributed by atoms with Crippen LogP contribution in [0.3, 0.4) is 0 Å². The number of nitrogens with zero attached hydrogens (tertiary/aromatic N) is 3. The van der Waals surface area contributed by atoms with E-state index in [4.69, 9.17) is 0 Å². The molecule has 5 nitrogen and oxygen atoms in total. The van der Waals surface area contributed by atoms with Crippen molar-refractivity contribution >= 4 is 5.96 Å². The van der Waals surface area contributed by atoms with E-state index < -0.39 is 0 Å². The first kappa shape index (κ1) is 13.1. The zero-order chi connectivity index (χ0) is 13.5. The third-order valence-electron chi connectivity index (χ3n) is 2.87. The molecule has 0 fully saturated rings. The number of imidazole rings is 1. The normalized spacial score (nSPS) is 11.4. The third kappa shape index (κ3) is 3.84. The smallest absolute Gasteiger partial charge is 0.190 e. The second-order valence-corrected chi connectivity index (χ2v) is 4.23. The average molecular weight is 257 g/mol. The van der Waals surface area contributed by atoms with Gasteiger partial charge in [-0.3, -0.25) is 4.99 Å². The summed E-state index contributed by atoms with van der Waals surface area (Å²) in [5.74, 6) is 0.794. The van der Waals surface area contributed by atoms with Gasteiger partial charge < -0.3 is 15.2 Å². The molecule has 2 aromatic rings. The highest BCUT2D eigenvalue weighted by Gasteiger charge is 1.98. The lowest BCUT2D eigenvalue weighted by Crippen LogP contribution is -2.34. The molecule has 2 N–H and O–H groups in total. The van der Waals surface area contributed by atoms with E-state index in [9.17, 15) is 0 Å². The molecule has 2 rings (SSSR count). The number of guanidine groups is 1. The van der Waals surface area contributed by atoms with Crippen LogP contribution in [-0.4, -0.2) is 29.6 Å². The summed E-state index contributed by atoms with van der Waals surface area (Å²) in [6.45, 7) is 1.62. The predicted molar refractivity (Wildman–Crippen MR) is 77.0 cm³/mol. The molecule has 0 saturated carbocycles. The van der Waals surface area contributed by atoms with Crippen LogP contribution >= 0.6 is 0 Å². The SMILES string of the molecule is CN=C(NC)NCc1ccc(Cn2ccnc2)cc1. The Kier molecular flexibility index (Phi) is 4.55. The number of aliphatic imine (C=N–C) groups is 1. The zero-order valence-electron chi connectivity index (χ0n) is 11.3. The summed E-state index contributed by atoms with van der Waals surface area (Å²) in [7, 11) is 3.61. The Labute approximate surface area is 113 Å². The number of hydrogen-bond donors (Lipinski definition) is 2. The van der Waals surface area contributed by atoms with E-state index >= 15 is 0 Å². The van der Waals surface area contributed by atoms with E-state index in [1.807, 2.05) is 19.6 Å². The molecule has 0 bridgehead atoms. The summed E-state index contributed by atoms with van der Waals surface area (Å²) < 4.78 is 2.05. The van der Waals surface area contributed by atoms with Crippen LogP contribution in [0, 0.1) is 0 Å². The van der Waals surface area contributed by atoms with Crippen molar-refractivity contribution in [2.45, 2.75) is 13.1 Å². The van der Waals surface area contributed by atoms with Crippen molar-refractivity contribution < 1.29 is 0 Å². The number of benzene rings is 1. The molecular formula is C14H19N5. The molecule has 1 aromatic heterocycles. The molecule has 0 spiro atoms. The molecule has 0 aliphatic rings. The van der Waals surface area contributed by atoms with Crippen molar-refractivity contribution in [2.24, 2.45) is 4.99 Å². The van der Waals surface area contributed by atoms with Gasteiger partial charge in [0.15, 0.2) is 5.96 Å². The third-order valence-corrected chi connectivity index (χ3v) is 2.87. The molecule has 1 aromatic carbocycles. The minimum absolute atomic E-state index is 0.763. The second-order valence-electron chi connectivity index (χ2n) is 4.23. The van der Waals surface area contributed by atoms with Crippen molar-refractivity contribution in [1.82, 2.24) is 20.2 Å². The molecule has 0 aliphatic heterocycles. The zero-order valence-corrected chi connectivity index (χ0v) is 11.3. The van der Waals surface area contributed by atoms with Gasteiger partial charge in [0.25, 0.3) is 0 Å². The standard InChI is InChI=1S/C14H19N5/c1-15-14(16-2)18-9-12-3-5-13(6-4-12)10-19-8-7-17-11-19/h3-8,11H,9-10H2,1-2H3,(H2,15,16,18). The molecule has 0 atom stereocenters. The average Bonchev–Trinajstić information content (AvgIpc) is 2.95. The summed E-state index contributed by atoms with van der Waals surface area (Å²) in [6.07, 6.45) is 5.58. The van der Waals surface area contributed by atoms with Gasteiger partial charge in [-0.05, 0) is 11.1 Å². The van der Waals surface area contributed by atoms with Crippen LogP contribution in [0.1, 0.15) is 11.1 Å². The summed E-state index contributed by atoms with van der Waals surface area (Å²) in [6, 6.07) is 8.53. The molecule has 0 aliphatic carbocycles. The predicted octanol–water partition coefficient (Wildman–Crippen LogP) is 1.23. The first-order valence-corrected chi connectivity index (χ1v) is 6.24. The van der Waals surface area contributed by atoms with Gasteiger partial charge in [0.2, 0.25) is 0 Å². The van der Waals surface area contributed by atoms with Gasteiger partial charge in [0, 0.05) is 39.6 Å². The Morgan fingerprint density at radius 3 is 2.58 bits per heavy atom. The lowest BCUT2D eigenvalue weighted by Gasteiger charge is -2.09. The Balaban J connectivity index is 1.91. The van der Waals surface area contributed by atoms with Crippen LogP contribution in [0.15, 0.2) is 48.0 Å². The number of hydrogen-bond acceptors (Lipinski definition) is 2. The minimum atomic E-state index is 0.763. The fourth-order valence-electron chi connectivity index (χ4n) is 1.82. The van der Waals surface area contributed by atoms with Crippen LogP contribution in [0.5, 0.6) is 0 Å². The van der Waals surface area contributed by atoms with E-state index in [0.29, 0.717) is 0 Å². The lowest BCUT2D eigenvalue weighted by atomic mass is 10.1. The van der Waals surface area contributed by atoms with Crippen molar-refractivity contribution in [2.75, 3.05) is 14.1 Å². The van der Waals surface area contributed by atoms with Gasteiger partial charge in [-0.15, -0.1) is 0 Å². The molecule has 0 radical (unpaired) electrons. The molecule has 0 unspecified atom stereocenters. The first-order valence-electron chi connectivity index (χ1n) is 6.24. The molecular weight excluding hydrogens is 238 g/mol. The van der Waals surface area contributed by atoms with Gasteiger partial charge in [0.1, 0.15) is 0 Å². The highest BCUT2D eigenvalue weighted by molar-refractivity contribution is 5.79. The Morgan fingerprint density at radius 2 is 2.00 bits per heavy atom. The molecule has 1 heterocycles. The highest BCUT2D eigenvalue weighted by atomic mass is 15.1. The number of nitrogens with one attached hydrogen (secondary N) is 2. The highest BCUT2D eigenvalue weighted by Crippen LogP contribution is 2.06. The molecule has 0 saturated heterocycles. The second kappa shape index (κ2) is 6.58. The van der Waals surface area contributed by atoms with Gasteiger partial charge in [-0.1, -0.05) is 24.3 Å². The van der Waals surface area contributed by atoms with Gasteiger partial charge in [-0.25, -0.2) is 4.98 Å². The van der Waals surface area contributed by atoms with Gasteiger partial charge in [0.05, 0.1) is 6.33 Å². The molecule has 5 heteroatoms. The van der Waals surface area contributed by atoms with E-state index in [0.717, 1.165) is 19.0 Å². The largest absolute Gasteiger partial charge is 0.359 e. The Bertz CT molecular complexity index is 513. The maximum Gasteiger partial charge on any atom is 0.190 e. The van der Waals surface area contributed by atoms with E-state index in [-0.39, 0.29) is 0 Å². The van der Waals surface area contributed by atoms with Crippen molar-refractivity contribution in [3.8, 4) is 0 Å². The van der Waals surface area contributed by atoms with Crippen molar-refractivity contribution in [3.05, 3.63) is 54.1 Å². The first-order chi connectivity index (χ1) is 9.31. The van der Waals surface area contributed by atoms with Crippen molar-refractivity contribution in [3.63, 3.8) is 0 Å². The van der Waals surface area contributed by atoms with Crippen molar-refractivity contribution in [1.29, 1.82) is 0 Å². The van der Waals surface area contributed by atoms with Crippen LogP contribution in [0.4, 0.5) is 0 Å². The van der Waals surface area contributed by atoms with E-state index in [1.54, 1.807) is 13.2 Å². The Hall–Kier alpha value is -2.30. The molecule has 100 valence electrons. The van der Waals surface area contributed by atoms with E-state index in [2.05, 4.69) is 49.4 Å². The fraction of sp³-hybridized carbons (Fsp3) is 0.286. The maximum atomic E-state index is 4.07. The minimum Gasteiger partial charge on any atom is -0.359 e. The van der Waals surface area contributed by atoms with Crippen LogP contribution < -0.4 is 10.6 Å². The maximum absolute atomic E-state index is 4.07. The summed E-state index contributed by atoms with van der Waals surface area (Å²) in [5.41, 5.74) is 2.49. The monoisotopic (exact) mass is 257 g/mol. The number of aromatic nitrogens is 2. The lowest BCUT2D eigenvalue weighted by molar-refractivity contribution is 0.795. The quantitative estimate of drug-likeness (QED) is 0.640. The van der Waals surface area contributed by atoms with Crippen LogP contribution in [0.2, 0.25) is 0 Å². The summed E-state index contributed by atoms with van der Waals surface area (Å²) in [5, 5.41) is 6.22. The van der Waals surface area contributed by atoms with Gasteiger partial charge >= 0.3 is 0 Å². The summed E-state index contributed by atoms with van der Waals surface area (Å²) in [4.78, 5) is 8.11. The fourth-order valence-corrected chi connectivity index (χ4v) is 1.82. The number of rotatable bonds is 4. The van der Waals surface area contributed by atoms with Gasteiger partial charge in [-0.2, -0.15) is 0 Å². The van der Waals surface area contributed by atoms with Crippen LogP contribution in [0.25, 0.3) is 0 Å². The van der Waals surface area contributed by atoms with Crippen LogP contribution in [-0.2, 0) is 13.1 Å². The topological polar surface area (TPSA) is 54.2 Å². The molecule has 19 heavy (non-hydrogen) atoms.